The topological polar surface area (TPSA) is 34.1 Å². The van der Waals surface area contributed by atoms with Crippen LogP contribution in [0, 0.1) is 33.5 Å². The molecule has 0 saturated heterocycles. The molecule has 26 heavy (non-hydrogen) atoms. The molecular formula is C24H36O2. The SMILES string of the molecule is CC(=O)C1CCC2(C)C3=C(CCC12C)C1(C)CCC(=O)C(C)(C)C1CC3. The highest BCUT2D eigenvalue weighted by Crippen LogP contribution is 2.71. The normalized spacial score (nSPS) is 47.2. The van der Waals surface area contributed by atoms with Gasteiger partial charge in [-0.3, -0.25) is 9.59 Å². The van der Waals surface area contributed by atoms with Gasteiger partial charge in [0.25, 0.3) is 0 Å². The third kappa shape index (κ3) is 2.00. The van der Waals surface area contributed by atoms with E-state index < -0.39 is 0 Å². The largest absolute Gasteiger partial charge is 0.300 e. The predicted octanol–water partition coefficient (Wildman–Crippen LogP) is 5.89. The molecule has 5 atom stereocenters. The van der Waals surface area contributed by atoms with E-state index in [1.54, 1.807) is 18.1 Å². The number of hydrogen-bond acceptors (Lipinski definition) is 2. The molecule has 2 heteroatoms. The quantitative estimate of drug-likeness (QED) is 0.549. The molecule has 0 aliphatic heterocycles. The second-order valence-electron chi connectivity index (χ2n) is 11.1. The van der Waals surface area contributed by atoms with Gasteiger partial charge in [-0.25, -0.2) is 0 Å². The van der Waals surface area contributed by atoms with Crippen molar-refractivity contribution in [3.8, 4) is 0 Å². The molecule has 2 nitrogen and oxygen atoms in total. The van der Waals surface area contributed by atoms with Crippen LogP contribution in [0.2, 0.25) is 0 Å². The minimum Gasteiger partial charge on any atom is -0.300 e. The van der Waals surface area contributed by atoms with E-state index in [0.717, 1.165) is 51.4 Å². The molecule has 144 valence electrons. The van der Waals surface area contributed by atoms with E-state index in [-0.39, 0.29) is 27.6 Å². The van der Waals surface area contributed by atoms with E-state index in [9.17, 15) is 9.59 Å². The molecule has 2 saturated carbocycles. The fourth-order valence-corrected chi connectivity index (χ4v) is 8.13. The van der Waals surface area contributed by atoms with Crippen LogP contribution in [-0.4, -0.2) is 11.6 Å². The van der Waals surface area contributed by atoms with Crippen LogP contribution in [0.3, 0.4) is 0 Å². The van der Waals surface area contributed by atoms with Crippen LogP contribution in [-0.2, 0) is 9.59 Å². The molecule has 2 fully saturated rings. The van der Waals surface area contributed by atoms with Crippen molar-refractivity contribution in [2.75, 3.05) is 0 Å². The number of Topliss-reactive ketones (excluding diaryl/α,β-unsaturated/α-hetero) is 2. The summed E-state index contributed by atoms with van der Waals surface area (Å²) >= 11 is 0. The summed E-state index contributed by atoms with van der Waals surface area (Å²) in [6.45, 7) is 13.5. The first-order valence-electron chi connectivity index (χ1n) is 10.8. The van der Waals surface area contributed by atoms with Gasteiger partial charge in [-0.2, -0.15) is 0 Å². The zero-order valence-electron chi connectivity index (χ0n) is 17.6. The Kier molecular flexibility index (Phi) is 3.78. The van der Waals surface area contributed by atoms with Crippen LogP contribution >= 0.6 is 0 Å². The minimum atomic E-state index is -0.190. The Morgan fingerprint density at radius 3 is 2.23 bits per heavy atom. The number of carbonyl (C=O) groups is 2. The maximum Gasteiger partial charge on any atom is 0.138 e. The number of ketones is 2. The lowest BCUT2D eigenvalue weighted by atomic mass is 9.43. The van der Waals surface area contributed by atoms with Gasteiger partial charge in [-0.15, -0.1) is 0 Å². The van der Waals surface area contributed by atoms with Gasteiger partial charge in [0.2, 0.25) is 0 Å². The molecule has 0 heterocycles. The molecular weight excluding hydrogens is 320 g/mol. The third-order valence-electron chi connectivity index (χ3n) is 9.98. The molecule has 0 aromatic heterocycles. The average molecular weight is 357 g/mol. The van der Waals surface area contributed by atoms with Gasteiger partial charge in [0.1, 0.15) is 11.6 Å². The van der Waals surface area contributed by atoms with Gasteiger partial charge >= 0.3 is 0 Å². The van der Waals surface area contributed by atoms with Crippen molar-refractivity contribution in [1.82, 2.24) is 0 Å². The van der Waals surface area contributed by atoms with Gasteiger partial charge in [0.15, 0.2) is 0 Å². The fraction of sp³-hybridized carbons (Fsp3) is 0.833. The Morgan fingerprint density at radius 2 is 1.58 bits per heavy atom. The summed E-state index contributed by atoms with van der Waals surface area (Å²) < 4.78 is 0. The zero-order chi connectivity index (χ0) is 19.1. The van der Waals surface area contributed by atoms with Crippen LogP contribution in [0.4, 0.5) is 0 Å². The molecule has 0 spiro atoms. The van der Waals surface area contributed by atoms with Crippen molar-refractivity contribution in [3.63, 3.8) is 0 Å². The lowest BCUT2D eigenvalue weighted by Crippen LogP contribution is -2.53. The van der Waals surface area contributed by atoms with E-state index in [0.29, 0.717) is 17.5 Å². The summed E-state index contributed by atoms with van der Waals surface area (Å²) in [4.78, 5) is 25.0. The molecule has 4 rings (SSSR count). The molecule has 0 amide bonds. The first-order valence-corrected chi connectivity index (χ1v) is 10.8. The standard InChI is InChI=1S/C24H36O2/c1-15(25)16-9-13-24(6)18-7-8-19-21(2,3)20(26)11-12-22(19,4)17(18)10-14-23(16,24)5/h16,19H,7-14H2,1-6H3. The van der Waals surface area contributed by atoms with Crippen LogP contribution in [0.25, 0.3) is 0 Å². The van der Waals surface area contributed by atoms with Crippen LogP contribution in [0.5, 0.6) is 0 Å². The highest BCUT2D eigenvalue weighted by atomic mass is 16.1. The maximum absolute atomic E-state index is 12.6. The molecule has 0 N–H and O–H groups in total. The fourth-order valence-electron chi connectivity index (χ4n) is 8.13. The Morgan fingerprint density at radius 1 is 0.885 bits per heavy atom. The van der Waals surface area contributed by atoms with Gasteiger partial charge < -0.3 is 0 Å². The molecule has 4 aliphatic rings. The van der Waals surface area contributed by atoms with Gasteiger partial charge in [-0.1, -0.05) is 45.8 Å². The smallest absolute Gasteiger partial charge is 0.138 e. The first kappa shape index (κ1) is 18.4. The van der Waals surface area contributed by atoms with E-state index in [2.05, 4.69) is 34.6 Å². The zero-order valence-corrected chi connectivity index (χ0v) is 17.6. The second-order valence-corrected chi connectivity index (χ2v) is 11.1. The van der Waals surface area contributed by atoms with Crippen molar-refractivity contribution in [2.24, 2.45) is 33.5 Å². The molecule has 0 aromatic carbocycles. The molecule has 0 bridgehead atoms. The summed E-state index contributed by atoms with van der Waals surface area (Å²) in [5.41, 5.74) is 3.68. The minimum absolute atomic E-state index is 0.126. The van der Waals surface area contributed by atoms with Crippen molar-refractivity contribution >= 4 is 11.6 Å². The van der Waals surface area contributed by atoms with Crippen LogP contribution < -0.4 is 0 Å². The first-order chi connectivity index (χ1) is 12.0. The number of hydrogen-bond donors (Lipinski definition) is 0. The van der Waals surface area contributed by atoms with Gasteiger partial charge in [0.05, 0.1) is 0 Å². The van der Waals surface area contributed by atoms with E-state index in [1.807, 2.05) is 0 Å². The number of rotatable bonds is 1. The summed E-state index contributed by atoms with van der Waals surface area (Å²) in [5.74, 6) is 1.57. The Hall–Kier alpha value is -0.920. The van der Waals surface area contributed by atoms with Crippen LogP contribution in [0.15, 0.2) is 11.1 Å². The monoisotopic (exact) mass is 356 g/mol. The summed E-state index contributed by atoms with van der Waals surface area (Å²) in [7, 11) is 0. The van der Waals surface area contributed by atoms with E-state index in [4.69, 9.17) is 0 Å². The molecule has 0 aromatic rings. The molecule has 0 radical (unpaired) electrons. The molecule has 5 unspecified atom stereocenters. The third-order valence-corrected chi connectivity index (χ3v) is 9.98. The number of fused-ring (bicyclic) bond motifs is 4. The van der Waals surface area contributed by atoms with Crippen molar-refractivity contribution in [3.05, 3.63) is 11.1 Å². The van der Waals surface area contributed by atoms with Crippen molar-refractivity contribution in [1.29, 1.82) is 0 Å². The number of carbonyl (C=O) groups excluding carboxylic acids is 2. The van der Waals surface area contributed by atoms with Crippen molar-refractivity contribution < 1.29 is 9.59 Å². The highest BCUT2D eigenvalue weighted by molar-refractivity contribution is 5.86. The summed E-state index contributed by atoms with van der Waals surface area (Å²) in [6, 6.07) is 0. The van der Waals surface area contributed by atoms with Crippen molar-refractivity contribution in [2.45, 2.75) is 92.9 Å². The lowest BCUT2D eigenvalue weighted by molar-refractivity contribution is -0.140. The summed E-state index contributed by atoms with van der Waals surface area (Å²) in [5, 5.41) is 0. The highest BCUT2D eigenvalue weighted by Gasteiger charge is 2.63. The van der Waals surface area contributed by atoms with E-state index >= 15 is 0 Å². The predicted molar refractivity (Wildman–Crippen MR) is 105 cm³/mol. The maximum atomic E-state index is 12.6. The Balaban J connectivity index is 1.82. The summed E-state index contributed by atoms with van der Waals surface area (Å²) in [6.07, 6.45) is 8.56. The Labute approximate surface area is 159 Å². The molecule has 4 aliphatic carbocycles. The lowest BCUT2D eigenvalue weighted by Gasteiger charge is -2.60. The number of allylic oxidation sites excluding steroid dienone is 2. The Bertz CT molecular complexity index is 714. The second kappa shape index (κ2) is 5.32. The average Bonchev–Trinajstić information content (AvgIpc) is 2.84. The van der Waals surface area contributed by atoms with E-state index in [1.165, 1.54) is 0 Å². The van der Waals surface area contributed by atoms with Gasteiger partial charge in [-0.05, 0) is 74.0 Å². The van der Waals surface area contributed by atoms with Crippen LogP contribution in [0.1, 0.15) is 92.9 Å². The van der Waals surface area contributed by atoms with Gasteiger partial charge in [0, 0.05) is 17.8 Å².